The quantitative estimate of drug-likeness (QED) is 0.389. The molecule has 1 N–H and O–H groups in total. The molecule has 3 heterocycles. The fraction of sp³-hybridized carbons (Fsp3) is 0.333. The molecule has 7 nitrogen and oxygen atoms in total. The van der Waals surface area contributed by atoms with Crippen LogP contribution in [0.4, 0.5) is 0 Å². The maximum atomic E-state index is 13.5. The van der Waals surface area contributed by atoms with Crippen molar-refractivity contribution in [3.63, 3.8) is 0 Å². The molecule has 0 bridgehead atoms. The van der Waals surface area contributed by atoms with Gasteiger partial charge in [0.15, 0.2) is 0 Å². The van der Waals surface area contributed by atoms with Crippen molar-refractivity contribution in [1.29, 1.82) is 0 Å². The van der Waals surface area contributed by atoms with Gasteiger partial charge in [-0.15, -0.1) is 0 Å². The van der Waals surface area contributed by atoms with Crippen LogP contribution in [0.3, 0.4) is 0 Å². The van der Waals surface area contributed by atoms with E-state index in [0.717, 1.165) is 45.0 Å². The van der Waals surface area contributed by atoms with Gasteiger partial charge in [0, 0.05) is 24.7 Å². The number of nitrogens with zero attached hydrogens (tertiary/aromatic N) is 3. The standard InChI is InChI=1S/C27H32N4O3/c1-5-25-21(10-13-33-25)7-6-12-28-24(17-20-8-9-26-22(16-20)11-14-34-26)27(32)30(3)18-23-15-19(2)29-31(23)4/h5,7-11,13-16,24,28H,6,12,17-18H2,1-4H3/t24-/m1/s1. The summed E-state index contributed by atoms with van der Waals surface area (Å²) in [7, 11) is 3.75. The van der Waals surface area contributed by atoms with Crippen LogP contribution in [0, 0.1) is 6.92 Å². The van der Waals surface area contributed by atoms with Crippen LogP contribution in [0.5, 0.6) is 0 Å². The molecule has 0 spiro atoms. The Morgan fingerprint density at radius 3 is 2.79 bits per heavy atom. The van der Waals surface area contributed by atoms with Crippen LogP contribution < -0.4 is 16.0 Å². The number of carbonyl (C=O) groups is 1. The van der Waals surface area contributed by atoms with E-state index in [1.165, 1.54) is 0 Å². The van der Waals surface area contributed by atoms with E-state index in [2.05, 4.69) is 22.6 Å². The van der Waals surface area contributed by atoms with Crippen LogP contribution in [0.25, 0.3) is 23.1 Å². The Bertz CT molecular complexity index is 1380. The Balaban J connectivity index is 1.49. The van der Waals surface area contributed by atoms with Gasteiger partial charge in [-0.1, -0.05) is 12.1 Å². The number of aromatic nitrogens is 2. The molecule has 1 atom stereocenters. The Morgan fingerprint density at radius 1 is 1.21 bits per heavy atom. The summed E-state index contributed by atoms with van der Waals surface area (Å²) < 4.78 is 12.7. The van der Waals surface area contributed by atoms with Crippen molar-refractivity contribution in [2.75, 3.05) is 13.6 Å². The molecule has 3 aromatic heterocycles. The van der Waals surface area contributed by atoms with Crippen molar-refractivity contribution in [3.8, 4) is 0 Å². The normalized spacial score (nSPS) is 13.6. The van der Waals surface area contributed by atoms with Crippen LogP contribution >= 0.6 is 0 Å². The topological polar surface area (TPSA) is 76.4 Å². The second-order valence-corrected chi connectivity index (χ2v) is 8.62. The molecule has 0 saturated carbocycles. The van der Waals surface area contributed by atoms with Gasteiger partial charge < -0.3 is 19.1 Å². The van der Waals surface area contributed by atoms with Gasteiger partial charge in [-0.2, -0.15) is 5.10 Å². The van der Waals surface area contributed by atoms with E-state index in [0.29, 0.717) is 19.5 Å². The number of amides is 1. The molecule has 0 fully saturated rings. The second-order valence-electron chi connectivity index (χ2n) is 8.62. The number of furan rings is 2. The number of rotatable bonds is 9. The first-order valence-electron chi connectivity index (χ1n) is 11.6. The van der Waals surface area contributed by atoms with Crippen molar-refractivity contribution < 1.29 is 13.6 Å². The first kappa shape index (κ1) is 23.6. The Hall–Kier alpha value is -3.58. The van der Waals surface area contributed by atoms with Gasteiger partial charge in [-0.05, 0) is 75.2 Å². The molecule has 1 amide bonds. The monoisotopic (exact) mass is 460 g/mol. The summed E-state index contributed by atoms with van der Waals surface area (Å²) in [6.45, 7) is 5.10. The van der Waals surface area contributed by atoms with E-state index in [4.69, 9.17) is 8.83 Å². The van der Waals surface area contributed by atoms with Crippen molar-refractivity contribution in [2.45, 2.75) is 39.3 Å². The van der Waals surface area contributed by atoms with Gasteiger partial charge in [-0.3, -0.25) is 9.48 Å². The number of fused-ring (bicyclic) bond motifs is 1. The second kappa shape index (κ2) is 10.6. The highest BCUT2D eigenvalue weighted by atomic mass is 16.3. The molecule has 0 saturated heterocycles. The van der Waals surface area contributed by atoms with Gasteiger partial charge in [0.1, 0.15) is 11.0 Å². The lowest BCUT2D eigenvalue weighted by atomic mass is 10.0. The zero-order valence-corrected chi connectivity index (χ0v) is 20.2. The lowest BCUT2D eigenvalue weighted by molar-refractivity contribution is -0.132. The van der Waals surface area contributed by atoms with Crippen LogP contribution in [0.15, 0.2) is 57.8 Å². The minimum absolute atomic E-state index is 0.0528. The number of likely N-dealkylation sites (N-methyl/N-ethyl adjacent to an activating group) is 1. The van der Waals surface area contributed by atoms with Crippen molar-refractivity contribution in [1.82, 2.24) is 20.0 Å². The summed E-state index contributed by atoms with van der Waals surface area (Å²) in [6.07, 6.45) is 8.85. The first-order valence-corrected chi connectivity index (χ1v) is 11.6. The van der Waals surface area contributed by atoms with Gasteiger partial charge in [0.05, 0.1) is 36.5 Å². The highest BCUT2D eigenvalue weighted by Gasteiger charge is 2.23. The summed E-state index contributed by atoms with van der Waals surface area (Å²) in [4.78, 5) is 15.3. The molecule has 0 radical (unpaired) electrons. The van der Waals surface area contributed by atoms with E-state index in [9.17, 15) is 4.79 Å². The molecule has 1 aromatic carbocycles. The molecule has 0 unspecified atom stereocenters. The highest BCUT2D eigenvalue weighted by molar-refractivity contribution is 5.82. The maximum absolute atomic E-state index is 13.5. The van der Waals surface area contributed by atoms with Crippen molar-refractivity contribution in [3.05, 3.63) is 76.5 Å². The van der Waals surface area contributed by atoms with E-state index in [1.807, 2.05) is 69.0 Å². The molecule has 0 aliphatic heterocycles. The Morgan fingerprint density at radius 2 is 2.03 bits per heavy atom. The smallest absolute Gasteiger partial charge is 0.240 e. The molecule has 178 valence electrons. The third-order valence-corrected chi connectivity index (χ3v) is 6.02. The zero-order valence-electron chi connectivity index (χ0n) is 20.2. The molecule has 4 aromatic rings. The number of carbonyl (C=O) groups excluding carboxylic acids is 1. The summed E-state index contributed by atoms with van der Waals surface area (Å²) in [5.41, 5.74) is 4.75. The fourth-order valence-corrected chi connectivity index (χ4v) is 4.24. The first-order chi connectivity index (χ1) is 16.4. The highest BCUT2D eigenvalue weighted by Crippen LogP contribution is 2.18. The number of nitrogens with one attached hydrogen (secondary N) is 1. The zero-order chi connectivity index (χ0) is 24.1. The Kier molecular flexibility index (Phi) is 7.33. The molecule has 34 heavy (non-hydrogen) atoms. The van der Waals surface area contributed by atoms with Gasteiger partial charge in [0.2, 0.25) is 5.91 Å². The lowest BCUT2D eigenvalue weighted by Gasteiger charge is -2.25. The molecule has 4 rings (SSSR count). The van der Waals surface area contributed by atoms with Crippen LogP contribution in [0.1, 0.15) is 30.3 Å². The molecular formula is C27H32N4O3. The average Bonchev–Trinajstić information content (AvgIpc) is 3.55. The fourth-order valence-electron chi connectivity index (χ4n) is 4.24. The van der Waals surface area contributed by atoms with Gasteiger partial charge >= 0.3 is 0 Å². The minimum atomic E-state index is -0.348. The van der Waals surface area contributed by atoms with Crippen molar-refractivity contribution >= 4 is 29.0 Å². The van der Waals surface area contributed by atoms with E-state index in [1.54, 1.807) is 17.4 Å². The largest absolute Gasteiger partial charge is 0.465 e. The SMILES string of the molecule is CC=c1occc1=CCCN[C@H](Cc1ccc2occc2c1)C(=O)N(C)Cc1cc(C)nn1C. The van der Waals surface area contributed by atoms with Crippen LogP contribution in [0.2, 0.25) is 0 Å². The van der Waals surface area contributed by atoms with Crippen LogP contribution in [-0.2, 0) is 24.8 Å². The lowest BCUT2D eigenvalue weighted by Crippen LogP contribution is -2.46. The third-order valence-electron chi connectivity index (χ3n) is 6.02. The Labute approximate surface area is 199 Å². The number of hydrogen-bond donors (Lipinski definition) is 1. The third kappa shape index (κ3) is 5.48. The molecule has 0 aliphatic carbocycles. The van der Waals surface area contributed by atoms with Crippen LogP contribution in [-0.4, -0.2) is 40.2 Å². The van der Waals surface area contributed by atoms with E-state index in [-0.39, 0.29) is 11.9 Å². The van der Waals surface area contributed by atoms with Crippen molar-refractivity contribution in [2.24, 2.45) is 7.05 Å². The minimum Gasteiger partial charge on any atom is -0.465 e. The number of aryl methyl sites for hydroxylation is 2. The van der Waals surface area contributed by atoms with Gasteiger partial charge in [-0.25, -0.2) is 0 Å². The average molecular weight is 461 g/mol. The van der Waals surface area contributed by atoms with E-state index < -0.39 is 0 Å². The predicted molar refractivity (Wildman–Crippen MR) is 133 cm³/mol. The molecule has 0 aliphatic rings. The number of hydrogen-bond acceptors (Lipinski definition) is 5. The molecule has 7 heteroatoms. The summed E-state index contributed by atoms with van der Waals surface area (Å²) >= 11 is 0. The summed E-state index contributed by atoms with van der Waals surface area (Å²) in [6, 6.07) is 11.7. The number of benzene rings is 1. The molecular weight excluding hydrogens is 428 g/mol. The summed E-state index contributed by atoms with van der Waals surface area (Å²) in [5.74, 6) is 0.0528. The van der Waals surface area contributed by atoms with E-state index >= 15 is 0 Å². The maximum Gasteiger partial charge on any atom is 0.240 e. The summed E-state index contributed by atoms with van der Waals surface area (Å²) in [5, 5.41) is 10.00. The van der Waals surface area contributed by atoms with Gasteiger partial charge in [0.25, 0.3) is 0 Å². The predicted octanol–water partition coefficient (Wildman–Crippen LogP) is 2.90.